The van der Waals surface area contributed by atoms with Crippen LogP contribution in [0.3, 0.4) is 0 Å². The summed E-state index contributed by atoms with van der Waals surface area (Å²) in [6.07, 6.45) is 2.39. The third-order valence-corrected chi connectivity index (χ3v) is 6.17. The minimum absolute atomic E-state index is 0.0629. The molecule has 8 heteroatoms. The molecule has 1 aromatic heterocycles. The molecule has 0 unspecified atom stereocenters. The first-order chi connectivity index (χ1) is 11.5. The Morgan fingerprint density at radius 3 is 2.83 bits per heavy atom. The standard InChI is InChI=1S/C16H20N4O3S/c1-11-2-4-12(5-3-11)16-19-14(10-23-16)7-18-24(21,22)20-9-13-6-15(20)8-17-13/h2-5,10,13,15,17-18H,6-9H2,1H3/t13-,15-/m0/s1. The van der Waals surface area contributed by atoms with Crippen molar-refractivity contribution in [2.75, 3.05) is 13.1 Å². The molecule has 3 heterocycles. The molecule has 24 heavy (non-hydrogen) atoms. The summed E-state index contributed by atoms with van der Waals surface area (Å²) in [5.41, 5.74) is 2.60. The molecule has 2 aromatic rings. The normalized spacial score (nSPS) is 23.9. The molecule has 2 aliphatic rings. The average Bonchev–Trinajstić information content (AvgIpc) is 3.30. The fourth-order valence-corrected chi connectivity index (χ4v) is 4.71. The highest BCUT2D eigenvalue weighted by Crippen LogP contribution is 2.25. The molecule has 4 rings (SSSR count). The molecule has 2 aliphatic heterocycles. The van der Waals surface area contributed by atoms with Gasteiger partial charge in [0.05, 0.1) is 12.2 Å². The van der Waals surface area contributed by atoms with E-state index in [1.807, 2.05) is 31.2 Å². The van der Waals surface area contributed by atoms with Crippen LogP contribution in [0.2, 0.25) is 0 Å². The summed E-state index contributed by atoms with van der Waals surface area (Å²) in [5, 5.41) is 3.30. The SMILES string of the molecule is Cc1ccc(-c2nc(CNS(=O)(=O)N3C[C@@H]4C[C@H]3CN4)co2)cc1. The quantitative estimate of drug-likeness (QED) is 0.843. The largest absolute Gasteiger partial charge is 0.444 e. The van der Waals surface area contributed by atoms with Crippen LogP contribution in [0.5, 0.6) is 0 Å². The van der Waals surface area contributed by atoms with Crippen LogP contribution in [-0.4, -0.2) is 42.9 Å². The van der Waals surface area contributed by atoms with Crippen molar-refractivity contribution in [2.24, 2.45) is 0 Å². The zero-order valence-corrected chi connectivity index (χ0v) is 14.2. The second kappa shape index (κ2) is 5.96. The van der Waals surface area contributed by atoms with Crippen molar-refractivity contribution in [3.8, 4) is 11.5 Å². The Morgan fingerprint density at radius 2 is 2.17 bits per heavy atom. The zero-order chi connectivity index (χ0) is 16.7. The van der Waals surface area contributed by atoms with E-state index in [9.17, 15) is 8.42 Å². The van der Waals surface area contributed by atoms with Gasteiger partial charge in [-0.05, 0) is 25.5 Å². The Bertz CT molecular complexity index is 831. The van der Waals surface area contributed by atoms with Gasteiger partial charge in [0.2, 0.25) is 5.89 Å². The molecule has 0 aliphatic carbocycles. The lowest BCUT2D eigenvalue weighted by molar-refractivity contribution is 0.343. The first-order valence-electron chi connectivity index (χ1n) is 8.02. The highest BCUT2D eigenvalue weighted by Gasteiger charge is 2.43. The third-order valence-electron chi connectivity index (χ3n) is 4.60. The Labute approximate surface area is 141 Å². The van der Waals surface area contributed by atoms with Crippen molar-refractivity contribution in [1.82, 2.24) is 19.3 Å². The van der Waals surface area contributed by atoms with E-state index in [-0.39, 0.29) is 18.6 Å². The Morgan fingerprint density at radius 1 is 1.38 bits per heavy atom. The molecular weight excluding hydrogens is 328 g/mol. The lowest BCUT2D eigenvalue weighted by Gasteiger charge is -2.26. The maximum Gasteiger partial charge on any atom is 0.280 e. The number of hydrogen-bond acceptors (Lipinski definition) is 5. The average molecular weight is 348 g/mol. The molecule has 128 valence electrons. The molecule has 2 fully saturated rings. The second-order valence-corrected chi connectivity index (χ2v) is 8.11. The van der Waals surface area contributed by atoms with Gasteiger partial charge in [-0.15, -0.1) is 0 Å². The number of aromatic nitrogens is 1. The van der Waals surface area contributed by atoms with Gasteiger partial charge in [-0.25, -0.2) is 4.98 Å². The van der Waals surface area contributed by atoms with E-state index in [1.165, 1.54) is 6.26 Å². The van der Waals surface area contributed by atoms with E-state index in [1.54, 1.807) is 4.31 Å². The second-order valence-electron chi connectivity index (χ2n) is 6.40. The van der Waals surface area contributed by atoms with Gasteiger partial charge in [-0.2, -0.15) is 17.4 Å². The van der Waals surface area contributed by atoms with Crippen molar-refractivity contribution in [3.63, 3.8) is 0 Å². The predicted octanol–water partition coefficient (Wildman–Crippen LogP) is 1.03. The Kier molecular flexibility index (Phi) is 3.92. The molecule has 0 amide bonds. The molecule has 7 nitrogen and oxygen atoms in total. The van der Waals surface area contributed by atoms with Crippen molar-refractivity contribution < 1.29 is 12.8 Å². The summed E-state index contributed by atoms with van der Waals surface area (Å²) in [6, 6.07) is 8.18. The molecule has 0 spiro atoms. The number of nitrogens with one attached hydrogen (secondary N) is 2. The number of fused-ring (bicyclic) bond motifs is 2. The summed E-state index contributed by atoms with van der Waals surface area (Å²) in [6.45, 7) is 3.40. The number of benzene rings is 1. The van der Waals surface area contributed by atoms with Crippen LogP contribution >= 0.6 is 0 Å². The van der Waals surface area contributed by atoms with Gasteiger partial charge in [0, 0.05) is 30.7 Å². The van der Waals surface area contributed by atoms with Crippen LogP contribution in [-0.2, 0) is 16.8 Å². The van der Waals surface area contributed by atoms with Crippen LogP contribution in [0.15, 0.2) is 34.9 Å². The predicted molar refractivity (Wildman–Crippen MR) is 89.3 cm³/mol. The van der Waals surface area contributed by atoms with Gasteiger partial charge < -0.3 is 9.73 Å². The van der Waals surface area contributed by atoms with Gasteiger partial charge in [0.25, 0.3) is 10.2 Å². The smallest absolute Gasteiger partial charge is 0.280 e. The molecule has 2 N–H and O–H groups in total. The molecule has 0 radical (unpaired) electrons. The fraction of sp³-hybridized carbons (Fsp3) is 0.438. The monoisotopic (exact) mass is 348 g/mol. The van der Waals surface area contributed by atoms with Crippen molar-refractivity contribution in [2.45, 2.75) is 32.0 Å². The lowest BCUT2D eigenvalue weighted by Crippen LogP contribution is -2.50. The van der Waals surface area contributed by atoms with E-state index < -0.39 is 10.2 Å². The van der Waals surface area contributed by atoms with Crippen molar-refractivity contribution >= 4 is 10.2 Å². The van der Waals surface area contributed by atoms with Crippen LogP contribution in [0.25, 0.3) is 11.5 Å². The minimum atomic E-state index is -3.49. The number of aryl methyl sites for hydroxylation is 1. The fourth-order valence-electron chi connectivity index (χ4n) is 3.28. The summed E-state index contributed by atoms with van der Waals surface area (Å²) >= 11 is 0. The highest BCUT2D eigenvalue weighted by atomic mass is 32.2. The molecular formula is C16H20N4O3S. The number of nitrogens with zero attached hydrogens (tertiary/aromatic N) is 2. The van der Waals surface area contributed by atoms with Crippen LogP contribution < -0.4 is 10.0 Å². The van der Waals surface area contributed by atoms with Crippen LogP contribution in [0.1, 0.15) is 17.7 Å². The van der Waals surface area contributed by atoms with E-state index in [0.29, 0.717) is 18.1 Å². The number of rotatable bonds is 5. The first-order valence-corrected chi connectivity index (χ1v) is 9.46. The first kappa shape index (κ1) is 15.8. The summed E-state index contributed by atoms with van der Waals surface area (Å²) < 4.78 is 34.5. The van der Waals surface area contributed by atoms with Gasteiger partial charge in [0.15, 0.2) is 0 Å². The summed E-state index contributed by atoms with van der Waals surface area (Å²) in [7, 11) is -3.49. The number of hydrogen-bond donors (Lipinski definition) is 2. The Balaban J connectivity index is 1.42. The molecule has 0 saturated carbocycles. The lowest BCUT2D eigenvalue weighted by atomic mass is 10.1. The van der Waals surface area contributed by atoms with Gasteiger partial charge >= 0.3 is 0 Å². The van der Waals surface area contributed by atoms with Crippen molar-refractivity contribution in [3.05, 3.63) is 41.8 Å². The topological polar surface area (TPSA) is 87.5 Å². The number of oxazole rings is 1. The van der Waals surface area contributed by atoms with Crippen LogP contribution in [0.4, 0.5) is 0 Å². The van der Waals surface area contributed by atoms with Crippen molar-refractivity contribution in [1.29, 1.82) is 0 Å². The van der Waals surface area contributed by atoms with Gasteiger partial charge in [-0.3, -0.25) is 0 Å². The van der Waals surface area contributed by atoms with Gasteiger partial charge in [0.1, 0.15) is 6.26 Å². The van der Waals surface area contributed by atoms with E-state index >= 15 is 0 Å². The van der Waals surface area contributed by atoms with Crippen LogP contribution in [0, 0.1) is 6.92 Å². The van der Waals surface area contributed by atoms with E-state index in [4.69, 9.17) is 4.42 Å². The molecule has 2 bridgehead atoms. The number of piperazine rings is 1. The molecule has 2 saturated heterocycles. The molecule has 2 atom stereocenters. The Hall–Kier alpha value is -1.74. The van der Waals surface area contributed by atoms with E-state index in [0.717, 1.165) is 24.1 Å². The minimum Gasteiger partial charge on any atom is -0.444 e. The molecule has 1 aromatic carbocycles. The third kappa shape index (κ3) is 2.98. The zero-order valence-electron chi connectivity index (χ0n) is 13.4. The summed E-state index contributed by atoms with van der Waals surface area (Å²) in [4.78, 5) is 4.36. The van der Waals surface area contributed by atoms with E-state index in [2.05, 4.69) is 15.0 Å². The highest BCUT2D eigenvalue weighted by molar-refractivity contribution is 7.87. The summed E-state index contributed by atoms with van der Waals surface area (Å²) in [5.74, 6) is 0.494. The maximum absolute atomic E-state index is 12.4. The maximum atomic E-state index is 12.4. The van der Waals surface area contributed by atoms with Gasteiger partial charge in [-0.1, -0.05) is 17.7 Å².